The quantitative estimate of drug-likeness (QED) is 0.414. The molecule has 0 bridgehead atoms. The van der Waals surface area contributed by atoms with Gasteiger partial charge in [-0.25, -0.2) is 0 Å². The minimum atomic E-state index is -6.89. The van der Waals surface area contributed by atoms with Crippen LogP contribution in [0, 0.1) is 11.3 Å². The van der Waals surface area contributed by atoms with Crippen LogP contribution in [0.15, 0.2) is 0 Å². The van der Waals surface area contributed by atoms with Gasteiger partial charge in [-0.2, -0.15) is 48.4 Å². The van der Waals surface area contributed by atoms with Crippen LogP contribution in [0.25, 0.3) is 0 Å². The van der Waals surface area contributed by atoms with Gasteiger partial charge in [-0.15, -0.1) is 0 Å². The molecule has 0 saturated heterocycles. The van der Waals surface area contributed by atoms with Gasteiger partial charge in [0, 0.05) is 3.39 Å². The summed E-state index contributed by atoms with van der Waals surface area (Å²) in [4.78, 5) is 0. The van der Waals surface area contributed by atoms with E-state index in [1.165, 1.54) is 0 Å². The van der Waals surface area contributed by atoms with Crippen LogP contribution in [0.1, 0.15) is 0 Å². The summed E-state index contributed by atoms with van der Waals surface area (Å²) in [6.07, 6.45) is -0.925. The maximum absolute atomic E-state index is 11.9. The van der Waals surface area contributed by atoms with Crippen molar-refractivity contribution in [2.45, 2.75) is 11.0 Å². The Morgan fingerprint density at radius 1 is 0.889 bits per heavy atom. The molecule has 0 aliphatic rings. The van der Waals surface area contributed by atoms with Crippen molar-refractivity contribution in [3.8, 4) is 6.07 Å². The highest BCUT2D eigenvalue weighted by molar-refractivity contribution is 7.98. The number of halogens is 6. The Morgan fingerprint density at radius 3 is 1.33 bits per heavy atom. The molecule has 0 atom stereocenters. The Kier molecular flexibility index (Phi) is 4.06. The maximum Gasteiger partial charge on any atom is 0.561 e. The van der Waals surface area contributed by atoms with E-state index in [1.807, 2.05) is 0 Å². The van der Waals surface area contributed by atoms with Crippen molar-refractivity contribution in [2.24, 2.45) is 0 Å². The average Bonchev–Trinajstić information content (AvgIpc) is 2.09. The Hall–Kier alpha value is -1.36. The second-order valence-corrected chi connectivity index (χ2v) is 6.23. The van der Waals surface area contributed by atoms with E-state index < -0.39 is 40.7 Å². The Balaban J connectivity index is 6.36. The van der Waals surface area contributed by atoms with Gasteiger partial charge in [0.15, 0.2) is 6.07 Å². The second-order valence-electron chi connectivity index (χ2n) is 2.39. The molecule has 0 aromatic carbocycles. The number of sulfonamides is 2. The van der Waals surface area contributed by atoms with Crippen LogP contribution < -0.4 is 0 Å². The number of alkyl halides is 6. The van der Waals surface area contributed by atoms with Gasteiger partial charge in [0.05, 0.1) is 0 Å². The summed E-state index contributed by atoms with van der Waals surface area (Å²) < 4.78 is 112. The zero-order chi connectivity index (χ0) is 15.0. The van der Waals surface area contributed by atoms with Gasteiger partial charge in [0.1, 0.15) is 0 Å². The number of hydrogen-bond acceptors (Lipinski definition) is 5. The van der Waals surface area contributed by atoms with Crippen molar-refractivity contribution in [3.63, 3.8) is 0 Å². The molecule has 0 aliphatic carbocycles. The molecule has 6 nitrogen and oxygen atoms in total. The lowest BCUT2D eigenvalue weighted by Crippen LogP contribution is -2.43. The predicted octanol–water partition coefficient (Wildman–Crippen LogP) is 0.292. The standard InChI is InChI=1S/C4HF6N2O4S2/c5-3(6,7)17(13,14)12(2-1-11)18(15,16)4(8,9)10/h2H/q+1. The molecule has 0 spiro atoms. The fourth-order valence-electron chi connectivity index (χ4n) is 0.519. The average molecular weight is 319 g/mol. The zero-order valence-corrected chi connectivity index (χ0v) is 9.32. The Bertz CT molecular complexity index is 557. The van der Waals surface area contributed by atoms with Crippen LogP contribution in [0.4, 0.5) is 26.3 Å². The largest absolute Gasteiger partial charge is 0.561 e. The lowest BCUT2D eigenvalue weighted by molar-refractivity contribution is -0.226. The molecule has 104 valence electrons. The van der Waals surface area contributed by atoms with E-state index in [2.05, 4.69) is 0 Å². The fourth-order valence-corrected chi connectivity index (χ4v) is 2.84. The van der Waals surface area contributed by atoms with Crippen LogP contribution in [0.3, 0.4) is 0 Å². The zero-order valence-electron chi connectivity index (χ0n) is 7.69. The third kappa shape index (κ3) is 2.72. The molecular formula is C4HF6N2O4S2+. The first kappa shape index (κ1) is 16.6. The minimum Gasteiger partial charge on any atom is -0.187 e. The Morgan fingerprint density at radius 2 is 1.17 bits per heavy atom. The number of rotatable bonds is 2. The van der Waals surface area contributed by atoms with E-state index >= 15 is 0 Å². The molecule has 0 aromatic heterocycles. The maximum atomic E-state index is 11.9. The van der Waals surface area contributed by atoms with Gasteiger partial charge in [0.25, 0.3) is 6.21 Å². The van der Waals surface area contributed by atoms with E-state index in [1.54, 1.807) is 0 Å². The summed E-state index contributed by atoms with van der Waals surface area (Å²) in [6.45, 7) is 0. The SMILES string of the molecule is N#CC=[N+](S(=O)(=O)C(F)(F)F)S(=O)(=O)C(F)(F)F. The topological polar surface area (TPSA) is 95.1 Å². The van der Waals surface area contributed by atoms with Crippen molar-refractivity contribution in [2.75, 3.05) is 0 Å². The van der Waals surface area contributed by atoms with Crippen LogP contribution in [0.2, 0.25) is 0 Å². The van der Waals surface area contributed by atoms with Crippen molar-refractivity contribution in [3.05, 3.63) is 0 Å². The molecule has 14 heteroatoms. The minimum absolute atomic E-state index is 0.467. The van der Waals surface area contributed by atoms with Gasteiger partial charge in [-0.1, -0.05) is 0 Å². The number of nitrogens with zero attached hydrogens (tertiary/aromatic N) is 2. The summed E-state index contributed by atoms with van der Waals surface area (Å²) in [5.74, 6) is 0. The molecule has 0 rings (SSSR count). The van der Waals surface area contributed by atoms with Crippen molar-refractivity contribution in [1.29, 1.82) is 5.26 Å². The molecule has 0 saturated carbocycles. The monoisotopic (exact) mass is 319 g/mol. The third-order valence-corrected chi connectivity index (χ3v) is 4.73. The summed E-state index contributed by atoms with van der Waals surface area (Å²) in [7, 11) is -13.8. The van der Waals surface area contributed by atoms with Crippen LogP contribution >= 0.6 is 0 Å². The number of hydrogen-bond donors (Lipinski definition) is 0. The van der Waals surface area contributed by atoms with E-state index in [9.17, 15) is 43.2 Å². The molecule has 18 heavy (non-hydrogen) atoms. The summed E-state index contributed by atoms with van der Waals surface area (Å²) in [5, 5.41) is 7.88. The number of nitriles is 1. The smallest absolute Gasteiger partial charge is 0.187 e. The third-order valence-electron chi connectivity index (χ3n) is 1.22. The molecule has 0 aliphatic heterocycles. The molecule has 0 radical (unpaired) electrons. The first-order valence-corrected chi connectivity index (χ1v) is 6.22. The molecule has 0 N–H and O–H groups in total. The van der Waals surface area contributed by atoms with Gasteiger partial charge in [-0.3, -0.25) is 0 Å². The molecule has 0 amide bonds. The molecule has 0 fully saturated rings. The van der Waals surface area contributed by atoms with E-state index in [0.29, 0.717) is 6.07 Å². The lowest BCUT2D eigenvalue weighted by atomic mass is 10.9. The summed E-state index contributed by atoms with van der Waals surface area (Å²) in [6, 6.07) is 0.467. The van der Waals surface area contributed by atoms with Gasteiger partial charge in [-0.05, 0) is 0 Å². The van der Waals surface area contributed by atoms with Crippen molar-refractivity contribution < 1.29 is 46.6 Å². The van der Waals surface area contributed by atoms with E-state index in [0.717, 1.165) is 0 Å². The van der Waals surface area contributed by atoms with Crippen LogP contribution in [-0.2, 0) is 20.0 Å². The molecular weight excluding hydrogens is 318 g/mol. The van der Waals surface area contributed by atoms with Crippen molar-refractivity contribution >= 4 is 26.3 Å². The van der Waals surface area contributed by atoms with E-state index in [4.69, 9.17) is 5.26 Å². The van der Waals surface area contributed by atoms with Crippen molar-refractivity contribution in [1.82, 2.24) is 0 Å². The molecule has 0 heterocycles. The first-order valence-electron chi connectivity index (χ1n) is 3.34. The Labute approximate surface area is 95.8 Å². The fraction of sp³-hybridized carbons (Fsp3) is 0.500. The lowest BCUT2D eigenvalue weighted by Gasteiger charge is -2.07. The molecule has 0 aromatic rings. The predicted molar refractivity (Wildman–Crippen MR) is 41.9 cm³/mol. The highest BCUT2D eigenvalue weighted by atomic mass is 32.3. The van der Waals surface area contributed by atoms with Gasteiger partial charge >= 0.3 is 31.1 Å². The van der Waals surface area contributed by atoms with Gasteiger partial charge < -0.3 is 0 Å². The van der Waals surface area contributed by atoms with Gasteiger partial charge in [0.2, 0.25) is 0 Å². The summed E-state index contributed by atoms with van der Waals surface area (Å²) in [5.41, 5.74) is -12.6. The first-order chi connectivity index (χ1) is 7.69. The second kappa shape index (κ2) is 4.39. The molecule has 0 unspecified atom stereocenters. The van der Waals surface area contributed by atoms with E-state index in [-0.39, 0.29) is 0 Å². The van der Waals surface area contributed by atoms with Crippen LogP contribution in [-0.4, -0.2) is 37.5 Å². The van der Waals surface area contributed by atoms with Crippen LogP contribution in [0.5, 0.6) is 0 Å². The summed E-state index contributed by atoms with van der Waals surface area (Å²) >= 11 is 0. The highest BCUT2D eigenvalue weighted by Crippen LogP contribution is 2.31. The highest BCUT2D eigenvalue weighted by Gasteiger charge is 2.66. The normalized spacial score (nSPS) is 13.8.